The molecule has 0 radical (unpaired) electrons. The normalized spacial score (nSPS) is 26.3. The Hall–Kier alpha value is -2.33. The van der Waals surface area contributed by atoms with Crippen LogP contribution in [0.25, 0.3) is 0 Å². The zero-order valence-electron chi connectivity index (χ0n) is 14.8. The first kappa shape index (κ1) is 15.9. The van der Waals surface area contributed by atoms with Crippen molar-refractivity contribution in [3.63, 3.8) is 0 Å². The fourth-order valence-electron chi connectivity index (χ4n) is 4.66. The lowest BCUT2D eigenvalue weighted by Gasteiger charge is -2.37. The highest BCUT2D eigenvalue weighted by molar-refractivity contribution is 7.10. The van der Waals surface area contributed by atoms with Gasteiger partial charge in [0, 0.05) is 39.6 Å². The van der Waals surface area contributed by atoms with Gasteiger partial charge in [0.05, 0.1) is 11.6 Å². The molecule has 1 aromatic carbocycles. The predicted molar refractivity (Wildman–Crippen MR) is 103 cm³/mol. The Bertz CT molecular complexity index is 1010. The molecule has 1 aliphatic heterocycles. The lowest BCUT2D eigenvalue weighted by molar-refractivity contribution is -0.118. The van der Waals surface area contributed by atoms with Crippen molar-refractivity contribution in [1.29, 1.82) is 0 Å². The molecule has 0 amide bonds. The summed E-state index contributed by atoms with van der Waals surface area (Å²) in [6, 6.07) is 11.8. The molecule has 0 unspecified atom stereocenters. The number of allylic oxidation sites excluding steroid dienone is 2. The molecule has 2 heterocycles. The van der Waals surface area contributed by atoms with Gasteiger partial charge in [-0.2, -0.15) is 0 Å². The number of aliphatic imine (C=N–C) groups is 1. The van der Waals surface area contributed by atoms with Crippen LogP contribution in [-0.2, 0) is 4.79 Å². The van der Waals surface area contributed by atoms with E-state index in [2.05, 4.69) is 13.8 Å². The maximum Gasteiger partial charge on any atom is 0.173 e. The Morgan fingerprint density at radius 2 is 1.77 bits per heavy atom. The number of hydrogen-bond acceptors (Lipinski definition) is 4. The molecule has 26 heavy (non-hydrogen) atoms. The Balaban J connectivity index is 1.77. The van der Waals surface area contributed by atoms with Crippen LogP contribution in [0, 0.1) is 11.3 Å². The molecule has 0 saturated heterocycles. The van der Waals surface area contributed by atoms with E-state index in [1.165, 1.54) is 0 Å². The van der Waals surface area contributed by atoms with Gasteiger partial charge in [-0.15, -0.1) is 11.3 Å². The van der Waals surface area contributed by atoms with Crippen molar-refractivity contribution in [3.05, 3.63) is 69.1 Å². The molecule has 0 N–H and O–H groups in total. The third-order valence-electron chi connectivity index (χ3n) is 5.69. The third kappa shape index (κ3) is 2.15. The predicted octanol–water partition coefficient (Wildman–Crippen LogP) is 4.79. The van der Waals surface area contributed by atoms with Crippen molar-refractivity contribution in [2.45, 2.75) is 32.6 Å². The number of fused-ring (bicyclic) bond motifs is 3. The number of nitrogens with zero attached hydrogens (tertiary/aromatic N) is 1. The van der Waals surface area contributed by atoms with E-state index in [9.17, 15) is 9.59 Å². The number of rotatable bonds is 1. The minimum absolute atomic E-state index is 0.0883. The molecular weight excluding hydrogens is 342 g/mol. The second-order valence-electron chi connectivity index (χ2n) is 8.18. The molecule has 0 saturated carbocycles. The highest BCUT2D eigenvalue weighted by atomic mass is 32.1. The van der Waals surface area contributed by atoms with E-state index >= 15 is 0 Å². The van der Waals surface area contributed by atoms with Crippen LogP contribution in [-0.4, -0.2) is 17.3 Å². The molecule has 0 spiro atoms. The number of ketones is 2. The van der Waals surface area contributed by atoms with Crippen LogP contribution in [0.15, 0.2) is 58.0 Å². The molecule has 0 fully saturated rings. The largest absolute Gasteiger partial charge is 0.294 e. The quantitative estimate of drug-likeness (QED) is 0.733. The molecule has 3 nitrogen and oxygen atoms in total. The summed E-state index contributed by atoms with van der Waals surface area (Å²) in [6.07, 6.45) is 1.30. The average Bonchev–Trinajstić information content (AvgIpc) is 3.21. The average molecular weight is 361 g/mol. The second-order valence-corrected chi connectivity index (χ2v) is 9.16. The summed E-state index contributed by atoms with van der Waals surface area (Å²) in [5, 5.41) is 2.02. The maximum atomic E-state index is 13.2. The summed E-state index contributed by atoms with van der Waals surface area (Å²) in [5.41, 5.74) is 4.11. The first-order chi connectivity index (χ1) is 12.5. The molecule has 2 atom stereocenters. The zero-order valence-corrected chi connectivity index (χ0v) is 15.6. The van der Waals surface area contributed by atoms with Crippen molar-refractivity contribution in [2.75, 3.05) is 0 Å². The van der Waals surface area contributed by atoms with Crippen LogP contribution < -0.4 is 0 Å². The molecule has 130 valence electrons. The Morgan fingerprint density at radius 1 is 1.00 bits per heavy atom. The standard InChI is InChI=1S/C22H19NO2S/c1-22(2)10-14-17(15(24)11-22)18(16-8-5-9-26-16)19-20(23-14)12-6-3-4-7-13(12)21(19)25/h3-9,18-19H,10-11H2,1-2H3/t18-,19-/m1/s1. The van der Waals surface area contributed by atoms with Gasteiger partial charge in [0.2, 0.25) is 0 Å². The molecule has 2 aliphatic carbocycles. The van der Waals surface area contributed by atoms with Crippen molar-refractivity contribution in [2.24, 2.45) is 16.3 Å². The summed E-state index contributed by atoms with van der Waals surface area (Å²) in [4.78, 5) is 32.3. The molecule has 2 aromatic rings. The summed E-state index contributed by atoms with van der Waals surface area (Å²) < 4.78 is 0. The molecule has 3 aliphatic rings. The van der Waals surface area contributed by atoms with Gasteiger partial charge in [-0.1, -0.05) is 44.2 Å². The molecular formula is C22H19NO2S. The van der Waals surface area contributed by atoms with Gasteiger partial charge in [0.15, 0.2) is 11.6 Å². The van der Waals surface area contributed by atoms with Gasteiger partial charge >= 0.3 is 0 Å². The minimum atomic E-state index is -0.366. The fourth-order valence-corrected chi connectivity index (χ4v) is 5.53. The number of benzene rings is 1. The first-order valence-corrected chi connectivity index (χ1v) is 9.86. The summed E-state index contributed by atoms with van der Waals surface area (Å²) in [6.45, 7) is 4.24. The van der Waals surface area contributed by atoms with Crippen LogP contribution >= 0.6 is 11.3 Å². The summed E-state index contributed by atoms with van der Waals surface area (Å²) in [5.74, 6) is -0.306. The van der Waals surface area contributed by atoms with Crippen molar-refractivity contribution in [3.8, 4) is 0 Å². The van der Waals surface area contributed by atoms with Crippen molar-refractivity contribution < 1.29 is 9.59 Å². The van der Waals surface area contributed by atoms with E-state index in [1.54, 1.807) is 11.3 Å². The van der Waals surface area contributed by atoms with Gasteiger partial charge in [0.25, 0.3) is 0 Å². The number of carbonyl (C=O) groups excluding carboxylic acids is 2. The smallest absolute Gasteiger partial charge is 0.173 e. The van der Waals surface area contributed by atoms with Crippen molar-refractivity contribution >= 4 is 28.6 Å². The number of hydrogen-bond donors (Lipinski definition) is 0. The lowest BCUT2D eigenvalue weighted by atomic mass is 9.68. The van der Waals surface area contributed by atoms with Gasteiger partial charge < -0.3 is 0 Å². The molecule has 0 bridgehead atoms. The van der Waals surface area contributed by atoms with Crippen LogP contribution in [0.1, 0.15) is 53.4 Å². The Morgan fingerprint density at radius 3 is 2.50 bits per heavy atom. The SMILES string of the molecule is CC1(C)CC(=O)C2=C(C1)N=C1c3ccccc3C(=O)[C@@H]1[C@@H]2c1cccs1. The highest BCUT2D eigenvalue weighted by Crippen LogP contribution is 2.51. The monoisotopic (exact) mass is 361 g/mol. The van der Waals surface area contributed by atoms with E-state index in [4.69, 9.17) is 4.99 Å². The zero-order chi connectivity index (χ0) is 18.1. The minimum Gasteiger partial charge on any atom is -0.294 e. The number of carbonyl (C=O) groups is 2. The third-order valence-corrected chi connectivity index (χ3v) is 6.65. The first-order valence-electron chi connectivity index (χ1n) is 8.98. The molecule has 1 aromatic heterocycles. The summed E-state index contributed by atoms with van der Waals surface area (Å²) in [7, 11) is 0. The molecule has 4 heteroatoms. The topological polar surface area (TPSA) is 46.5 Å². The molecule has 5 rings (SSSR count). The number of Topliss-reactive ketones (excluding diaryl/α,β-unsaturated/α-hetero) is 2. The highest BCUT2D eigenvalue weighted by Gasteiger charge is 2.50. The maximum absolute atomic E-state index is 13.2. The Labute approximate surface area is 156 Å². The number of thiophene rings is 1. The van der Waals surface area contributed by atoms with E-state index in [0.717, 1.165) is 39.4 Å². The van der Waals surface area contributed by atoms with Gasteiger partial charge in [-0.25, -0.2) is 0 Å². The Kier molecular flexibility index (Phi) is 3.26. The van der Waals surface area contributed by atoms with E-state index in [-0.39, 0.29) is 28.8 Å². The second kappa shape index (κ2) is 5.34. The van der Waals surface area contributed by atoms with Gasteiger partial charge in [0.1, 0.15) is 0 Å². The van der Waals surface area contributed by atoms with Gasteiger partial charge in [-0.05, 0) is 23.3 Å². The van der Waals surface area contributed by atoms with Gasteiger partial charge in [-0.3, -0.25) is 14.6 Å². The van der Waals surface area contributed by atoms with Crippen LogP contribution in [0.4, 0.5) is 0 Å². The van der Waals surface area contributed by atoms with Crippen LogP contribution in [0.2, 0.25) is 0 Å². The van der Waals surface area contributed by atoms with Crippen LogP contribution in [0.3, 0.4) is 0 Å². The van der Waals surface area contributed by atoms with E-state index in [1.807, 2.05) is 41.8 Å². The fraction of sp³-hybridized carbons (Fsp3) is 0.318. The van der Waals surface area contributed by atoms with E-state index < -0.39 is 0 Å². The van der Waals surface area contributed by atoms with E-state index in [0.29, 0.717) is 6.42 Å². The van der Waals surface area contributed by atoms with Crippen molar-refractivity contribution in [1.82, 2.24) is 0 Å². The van der Waals surface area contributed by atoms with Crippen LogP contribution in [0.5, 0.6) is 0 Å². The lowest BCUT2D eigenvalue weighted by Crippen LogP contribution is -2.36. The summed E-state index contributed by atoms with van der Waals surface area (Å²) >= 11 is 1.62.